The van der Waals surface area contributed by atoms with Crippen LogP contribution >= 0.6 is 0 Å². The van der Waals surface area contributed by atoms with E-state index in [4.69, 9.17) is 9.47 Å². The van der Waals surface area contributed by atoms with Crippen LogP contribution in [-0.4, -0.2) is 110 Å². The quantitative estimate of drug-likeness (QED) is 0.0215. The maximum absolute atomic E-state index is 13.2. The smallest absolute Gasteiger partial charge is 0.249 e. The highest BCUT2D eigenvalue weighted by Gasteiger charge is 2.44. The second-order valence-corrected chi connectivity index (χ2v) is 21.0. The number of carbonyl (C=O) groups excluding carboxylic acids is 1. The molecule has 73 heavy (non-hydrogen) atoms. The van der Waals surface area contributed by atoms with E-state index in [1.165, 1.54) is 154 Å². The van der Waals surface area contributed by atoms with Crippen LogP contribution in [0.3, 0.4) is 0 Å². The van der Waals surface area contributed by atoms with E-state index < -0.39 is 74.2 Å². The third-order valence-corrected chi connectivity index (χ3v) is 14.3. The lowest BCUT2D eigenvalue weighted by atomic mass is 9.98. The molecule has 1 rings (SSSR count). The lowest BCUT2D eigenvalue weighted by Crippen LogP contribution is -2.60. The lowest BCUT2D eigenvalue weighted by molar-refractivity contribution is -0.303. The number of allylic oxidation sites excluding steroid dienone is 10. The van der Waals surface area contributed by atoms with Crippen LogP contribution in [0.2, 0.25) is 0 Å². The topological polar surface area (TPSA) is 189 Å². The number of hydrogen-bond donors (Lipinski definition) is 8. The van der Waals surface area contributed by atoms with Gasteiger partial charge in [-0.3, -0.25) is 4.79 Å². The molecule has 1 amide bonds. The Morgan fingerprint density at radius 1 is 0.493 bits per heavy atom. The molecular formula is C62H113NO10. The number of rotatable bonds is 51. The first kappa shape index (κ1) is 68.8. The predicted molar refractivity (Wildman–Crippen MR) is 302 cm³/mol. The molecule has 0 spiro atoms. The zero-order valence-corrected chi connectivity index (χ0v) is 46.6. The van der Waals surface area contributed by atoms with Crippen molar-refractivity contribution in [3.63, 3.8) is 0 Å². The predicted octanol–water partition coefficient (Wildman–Crippen LogP) is 13.0. The highest BCUT2D eigenvalue weighted by molar-refractivity contribution is 5.80. The molecule has 1 fully saturated rings. The van der Waals surface area contributed by atoms with Crippen LogP contribution in [0.5, 0.6) is 0 Å². The van der Waals surface area contributed by atoms with Crippen LogP contribution in [0.4, 0.5) is 0 Å². The Morgan fingerprint density at radius 2 is 0.904 bits per heavy atom. The van der Waals surface area contributed by atoms with Crippen molar-refractivity contribution in [2.45, 2.75) is 313 Å². The van der Waals surface area contributed by atoms with E-state index in [0.29, 0.717) is 19.3 Å². The van der Waals surface area contributed by atoms with E-state index in [2.05, 4.69) is 79.9 Å². The first-order chi connectivity index (χ1) is 35.7. The lowest BCUT2D eigenvalue weighted by Gasteiger charge is -2.40. The maximum Gasteiger partial charge on any atom is 0.249 e. The molecule has 11 nitrogen and oxygen atoms in total. The molecule has 0 bridgehead atoms. The Balaban J connectivity index is 2.33. The van der Waals surface area contributed by atoms with Crippen molar-refractivity contribution in [1.82, 2.24) is 5.32 Å². The highest BCUT2D eigenvalue weighted by atomic mass is 16.7. The summed E-state index contributed by atoms with van der Waals surface area (Å²) in [6, 6.07) is -1.20. The van der Waals surface area contributed by atoms with Crippen LogP contribution in [0, 0.1) is 0 Å². The molecule has 0 aromatic rings. The molecule has 1 heterocycles. The van der Waals surface area contributed by atoms with Crippen LogP contribution < -0.4 is 5.32 Å². The number of nitrogens with one attached hydrogen (secondary N) is 1. The standard InChI is InChI=1S/C62H113NO10/c1-3-5-7-9-11-13-15-17-19-21-23-25-26-27-28-29-30-32-33-35-37-39-41-43-45-47-49-54(65)57(67)53(52-72-62-60(70)59(69)58(68)56(51-64)73-62)63-61(71)55(66)50-48-46-44-42-40-38-36-34-31-24-22-20-18-16-14-12-10-8-6-4-2/h6,8,12,14,28-29,33,35,41,43,53-60,62,64-70H,3-5,7,9-11,13,15-27,30-32,34,36-40,42,44-52H2,1-2H3,(H,63,71)/b8-6-,14-12-,29-28+,35-33+,43-41+. The second-order valence-electron chi connectivity index (χ2n) is 21.0. The zero-order chi connectivity index (χ0) is 53.3. The van der Waals surface area contributed by atoms with Gasteiger partial charge in [0, 0.05) is 0 Å². The Labute approximate surface area is 446 Å². The molecular weight excluding hydrogens is 919 g/mol. The second kappa shape index (κ2) is 50.6. The van der Waals surface area contributed by atoms with Gasteiger partial charge in [-0.1, -0.05) is 229 Å². The maximum atomic E-state index is 13.2. The van der Waals surface area contributed by atoms with Crippen LogP contribution in [0.1, 0.15) is 258 Å². The van der Waals surface area contributed by atoms with Crippen molar-refractivity contribution < 1.29 is 50.0 Å². The first-order valence-electron chi connectivity index (χ1n) is 30.2. The number of carbonyl (C=O) groups is 1. The first-order valence-corrected chi connectivity index (χ1v) is 30.2. The molecule has 0 aromatic heterocycles. The van der Waals surface area contributed by atoms with Gasteiger partial charge in [0.2, 0.25) is 5.91 Å². The number of hydrogen-bond acceptors (Lipinski definition) is 10. The van der Waals surface area contributed by atoms with Crippen molar-refractivity contribution in [2.24, 2.45) is 0 Å². The molecule has 8 N–H and O–H groups in total. The van der Waals surface area contributed by atoms with Gasteiger partial charge >= 0.3 is 0 Å². The molecule has 1 aliphatic rings. The minimum atomic E-state index is -1.68. The summed E-state index contributed by atoms with van der Waals surface area (Å²) in [6.07, 6.45) is 54.2. The molecule has 426 valence electrons. The van der Waals surface area contributed by atoms with Crippen molar-refractivity contribution >= 4 is 5.91 Å². The molecule has 9 atom stereocenters. The molecule has 0 saturated carbocycles. The fourth-order valence-corrected chi connectivity index (χ4v) is 9.39. The van der Waals surface area contributed by atoms with Gasteiger partial charge in [0.1, 0.15) is 36.6 Å². The third-order valence-electron chi connectivity index (χ3n) is 14.3. The van der Waals surface area contributed by atoms with Gasteiger partial charge in [-0.05, 0) is 89.9 Å². The molecule has 0 aliphatic carbocycles. The summed E-state index contributed by atoms with van der Waals surface area (Å²) in [5, 5.41) is 76.2. The summed E-state index contributed by atoms with van der Waals surface area (Å²) in [6.45, 7) is 3.35. The van der Waals surface area contributed by atoms with Gasteiger partial charge in [-0.15, -0.1) is 0 Å². The minimum Gasteiger partial charge on any atom is -0.394 e. The van der Waals surface area contributed by atoms with Crippen LogP contribution in [0.25, 0.3) is 0 Å². The van der Waals surface area contributed by atoms with Gasteiger partial charge in [-0.2, -0.15) is 0 Å². The largest absolute Gasteiger partial charge is 0.394 e. The van der Waals surface area contributed by atoms with Gasteiger partial charge in [0.15, 0.2) is 6.29 Å². The average Bonchev–Trinajstić information content (AvgIpc) is 3.39. The summed E-state index contributed by atoms with van der Waals surface area (Å²) >= 11 is 0. The SMILES string of the molecule is CC/C=C\C/C=C\CCCCCCCCCCCCCCCC(O)C(=O)NC(COC1OC(CO)C(O)C(O)C1O)C(O)C(O)CCC/C=C/CC/C=C/CC/C=C/CCCCCCCCCCCCCCC. The normalized spacial score (nSPS) is 20.4. The minimum absolute atomic E-state index is 0.239. The van der Waals surface area contributed by atoms with Crippen molar-refractivity contribution in [3.8, 4) is 0 Å². The van der Waals surface area contributed by atoms with E-state index in [1.807, 2.05) is 0 Å². The van der Waals surface area contributed by atoms with E-state index in [0.717, 1.165) is 57.8 Å². The third kappa shape index (κ3) is 38.9. The molecule has 1 saturated heterocycles. The van der Waals surface area contributed by atoms with E-state index in [1.54, 1.807) is 0 Å². The molecule has 11 heteroatoms. The summed E-state index contributed by atoms with van der Waals surface area (Å²) in [5.41, 5.74) is 0. The number of aliphatic hydroxyl groups is 7. The number of aliphatic hydroxyl groups excluding tert-OH is 7. The fourth-order valence-electron chi connectivity index (χ4n) is 9.39. The van der Waals surface area contributed by atoms with Gasteiger partial charge < -0.3 is 50.5 Å². The summed E-state index contributed by atoms with van der Waals surface area (Å²) in [7, 11) is 0. The Bertz CT molecular complexity index is 1370. The Morgan fingerprint density at radius 3 is 1.37 bits per heavy atom. The van der Waals surface area contributed by atoms with Gasteiger partial charge in [0.05, 0.1) is 25.4 Å². The van der Waals surface area contributed by atoms with E-state index >= 15 is 0 Å². The van der Waals surface area contributed by atoms with Crippen molar-refractivity contribution in [1.29, 1.82) is 0 Å². The van der Waals surface area contributed by atoms with E-state index in [-0.39, 0.29) is 12.8 Å². The molecule has 0 radical (unpaired) electrons. The van der Waals surface area contributed by atoms with Gasteiger partial charge in [0.25, 0.3) is 0 Å². The fraction of sp³-hybridized carbons (Fsp3) is 0.823. The number of ether oxygens (including phenoxy) is 2. The number of amides is 1. The van der Waals surface area contributed by atoms with E-state index in [9.17, 15) is 40.5 Å². The van der Waals surface area contributed by atoms with Gasteiger partial charge in [-0.25, -0.2) is 0 Å². The molecule has 9 unspecified atom stereocenters. The monoisotopic (exact) mass is 1030 g/mol. The van der Waals surface area contributed by atoms with Crippen LogP contribution in [0.15, 0.2) is 60.8 Å². The number of unbranched alkanes of at least 4 members (excludes halogenated alkanes) is 29. The Hall–Kier alpha value is -2.19. The molecule has 1 aliphatic heterocycles. The highest BCUT2D eigenvalue weighted by Crippen LogP contribution is 2.23. The van der Waals surface area contributed by atoms with Crippen molar-refractivity contribution in [2.75, 3.05) is 13.2 Å². The Kier molecular flexibility index (Phi) is 47.7. The average molecular weight is 1030 g/mol. The molecule has 0 aromatic carbocycles. The summed E-state index contributed by atoms with van der Waals surface area (Å²) in [5.74, 6) is -0.713. The summed E-state index contributed by atoms with van der Waals surface area (Å²) in [4.78, 5) is 13.2. The zero-order valence-electron chi connectivity index (χ0n) is 46.6. The van der Waals surface area contributed by atoms with Crippen molar-refractivity contribution in [3.05, 3.63) is 60.8 Å². The summed E-state index contributed by atoms with van der Waals surface area (Å²) < 4.78 is 11.1. The van der Waals surface area contributed by atoms with Crippen LogP contribution in [-0.2, 0) is 14.3 Å².